The fraction of sp³-hybridized carbons (Fsp3) is 0.0526. The van der Waals surface area contributed by atoms with Crippen molar-refractivity contribution in [2.45, 2.75) is 6.54 Å². The third-order valence-corrected chi connectivity index (χ3v) is 4.40. The zero-order valence-corrected chi connectivity index (χ0v) is 12.8. The molecule has 0 saturated heterocycles. The first kappa shape index (κ1) is 14.3. The molecule has 1 aromatic heterocycles. The van der Waals surface area contributed by atoms with Gasteiger partial charge in [0.2, 0.25) is 11.8 Å². The number of aromatic nitrogens is 1. The lowest BCUT2D eigenvalue weighted by molar-refractivity contribution is -0.114. The van der Waals surface area contributed by atoms with Crippen LogP contribution >= 0.6 is 0 Å². The van der Waals surface area contributed by atoms with Gasteiger partial charge in [-0.3, -0.25) is 9.59 Å². The fourth-order valence-electron chi connectivity index (χ4n) is 3.21. The molecule has 0 unspecified atom stereocenters. The van der Waals surface area contributed by atoms with E-state index in [0.29, 0.717) is 17.7 Å². The van der Waals surface area contributed by atoms with E-state index < -0.39 is 11.8 Å². The Morgan fingerprint density at radius 1 is 0.958 bits per heavy atom. The standard InChI is InChI=1S/C19H15N3O2/c20-18(23)13-6-5-12-8-17-15-4-2-1-3-11(15)7-14(19(21)24)10-22(17)16(12)9-13/h1-9H,10H2,(H2,20,23)(H2,21,24). The van der Waals surface area contributed by atoms with Crippen molar-refractivity contribution >= 4 is 28.8 Å². The number of nitrogens with zero attached hydrogens (tertiary/aromatic N) is 1. The Hall–Kier alpha value is -3.34. The van der Waals surface area contributed by atoms with Gasteiger partial charge in [-0.1, -0.05) is 30.3 Å². The number of amides is 2. The van der Waals surface area contributed by atoms with E-state index in [0.717, 1.165) is 27.7 Å². The first-order valence-electron chi connectivity index (χ1n) is 7.57. The molecule has 1 aliphatic heterocycles. The fourth-order valence-corrected chi connectivity index (χ4v) is 3.21. The maximum Gasteiger partial charge on any atom is 0.248 e. The molecule has 1 aliphatic rings. The molecule has 2 heterocycles. The first-order chi connectivity index (χ1) is 11.5. The Kier molecular flexibility index (Phi) is 3.03. The van der Waals surface area contributed by atoms with Crippen LogP contribution in [0, 0.1) is 0 Å². The van der Waals surface area contributed by atoms with Crippen LogP contribution in [-0.4, -0.2) is 16.4 Å². The lowest BCUT2D eigenvalue weighted by Crippen LogP contribution is -2.17. The third kappa shape index (κ3) is 2.10. The predicted molar refractivity (Wildman–Crippen MR) is 93.1 cm³/mol. The van der Waals surface area contributed by atoms with Gasteiger partial charge in [0.25, 0.3) is 0 Å². The predicted octanol–water partition coefficient (Wildman–Crippen LogP) is 2.29. The van der Waals surface area contributed by atoms with Crippen LogP contribution in [0.25, 0.3) is 28.2 Å². The topological polar surface area (TPSA) is 91.1 Å². The highest BCUT2D eigenvalue weighted by molar-refractivity contribution is 6.01. The van der Waals surface area contributed by atoms with Crippen LogP contribution in [0.1, 0.15) is 15.9 Å². The molecule has 0 atom stereocenters. The van der Waals surface area contributed by atoms with E-state index in [1.807, 2.05) is 41.0 Å². The lowest BCUT2D eigenvalue weighted by Gasteiger charge is -2.10. The molecule has 118 valence electrons. The number of carbonyl (C=O) groups is 2. The van der Waals surface area contributed by atoms with Gasteiger partial charge in [0.05, 0.1) is 12.2 Å². The smallest absolute Gasteiger partial charge is 0.248 e. The first-order valence-corrected chi connectivity index (χ1v) is 7.57. The third-order valence-electron chi connectivity index (χ3n) is 4.40. The number of hydrogen-bond donors (Lipinski definition) is 2. The maximum absolute atomic E-state index is 11.8. The molecule has 24 heavy (non-hydrogen) atoms. The van der Waals surface area contributed by atoms with Crippen molar-refractivity contribution in [2.75, 3.05) is 0 Å². The molecule has 3 aromatic rings. The van der Waals surface area contributed by atoms with E-state index in [9.17, 15) is 9.59 Å². The lowest BCUT2D eigenvalue weighted by atomic mass is 10.0. The van der Waals surface area contributed by atoms with Crippen molar-refractivity contribution in [1.29, 1.82) is 0 Å². The highest BCUT2D eigenvalue weighted by Crippen LogP contribution is 2.35. The van der Waals surface area contributed by atoms with Crippen molar-refractivity contribution in [1.82, 2.24) is 4.57 Å². The summed E-state index contributed by atoms with van der Waals surface area (Å²) in [5.41, 5.74) is 15.7. The van der Waals surface area contributed by atoms with Crippen LogP contribution in [0.3, 0.4) is 0 Å². The summed E-state index contributed by atoms with van der Waals surface area (Å²) in [4.78, 5) is 23.3. The molecule has 0 saturated carbocycles. The second-order valence-electron chi connectivity index (χ2n) is 5.87. The monoisotopic (exact) mass is 317 g/mol. The van der Waals surface area contributed by atoms with Gasteiger partial charge in [-0.2, -0.15) is 0 Å². The van der Waals surface area contributed by atoms with Crippen molar-refractivity contribution in [3.8, 4) is 11.3 Å². The Morgan fingerprint density at radius 3 is 2.50 bits per heavy atom. The minimum Gasteiger partial charge on any atom is -0.366 e. The van der Waals surface area contributed by atoms with Gasteiger partial charge in [-0.05, 0) is 29.8 Å². The highest BCUT2D eigenvalue weighted by atomic mass is 16.1. The molecule has 0 bridgehead atoms. The summed E-state index contributed by atoms with van der Waals surface area (Å²) in [6.45, 7) is 0.352. The van der Waals surface area contributed by atoms with Crippen molar-refractivity contribution in [2.24, 2.45) is 11.5 Å². The number of benzene rings is 2. The van der Waals surface area contributed by atoms with Crippen LogP contribution in [0.15, 0.2) is 54.1 Å². The van der Waals surface area contributed by atoms with Gasteiger partial charge in [-0.15, -0.1) is 0 Å². The molecule has 2 amide bonds. The van der Waals surface area contributed by atoms with Gasteiger partial charge in [0.15, 0.2) is 0 Å². The summed E-state index contributed by atoms with van der Waals surface area (Å²) in [7, 11) is 0. The quantitative estimate of drug-likeness (QED) is 0.759. The maximum atomic E-state index is 11.8. The average Bonchev–Trinajstić information content (AvgIpc) is 2.83. The molecule has 5 nitrogen and oxygen atoms in total. The van der Waals surface area contributed by atoms with Gasteiger partial charge in [0.1, 0.15) is 0 Å². The van der Waals surface area contributed by atoms with Crippen LogP contribution in [0.5, 0.6) is 0 Å². The number of fused-ring (bicyclic) bond motifs is 5. The molecular formula is C19H15N3O2. The van der Waals surface area contributed by atoms with Crippen molar-refractivity contribution in [3.63, 3.8) is 0 Å². The van der Waals surface area contributed by atoms with Gasteiger partial charge in [0, 0.05) is 27.6 Å². The van der Waals surface area contributed by atoms with Crippen molar-refractivity contribution in [3.05, 3.63) is 65.2 Å². The Morgan fingerprint density at radius 2 is 1.75 bits per heavy atom. The van der Waals surface area contributed by atoms with Crippen LogP contribution in [0.4, 0.5) is 0 Å². The van der Waals surface area contributed by atoms with Gasteiger partial charge in [-0.25, -0.2) is 0 Å². The molecular weight excluding hydrogens is 302 g/mol. The van der Waals surface area contributed by atoms with Crippen LogP contribution < -0.4 is 11.5 Å². The SMILES string of the molecule is NC(=O)C1=Cc2ccccc2-c2cc3ccc(C(N)=O)cc3n2C1. The zero-order valence-electron chi connectivity index (χ0n) is 12.8. The summed E-state index contributed by atoms with van der Waals surface area (Å²) in [6.07, 6.45) is 1.83. The second-order valence-corrected chi connectivity index (χ2v) is 5.87. The number of rotatable bonds is 2. The summed E-state index contributed by atoms with van der Waals surface area (Å²) in [6, 6.07) is 15.2. The van der Waals surface area contributed by atoms with Crippen molar-refractivity contribution < 1.29 is 9.59 Å². The summed E-state index contributed by atoms with van der Waals surface area (Å²) in [5.74, 6) is -0.933. The average molecular weight is 317 g/mol. The largest absolute Gasteiger partial charge is 0.366 e. The second kappa shape index (κ2) is 5.09. The minimum atomic E-state index is -0.480. The highest BCUT2D eigenvalue weighted by Gasteiger charge is 2.20. The Balaban J connectivity index is 2.06. The van der Waals surface area contributed by atoms with Crippen LogP contribution in [-0.2, 0) is 11.3 Å². The molecule has 0 aliphatic carbocycles. The molecule has 5 heteroatoms. The van der Waals surface area contributed by atoms with Gasteiger partial charge >= 0.3 is 0 Å². The normalized spacial score (nSPS) is 12.9. The summed E-state index contributed by atoms with van der Waals surface area (Å²) in [5, 5.41) is 0.982. The number of primary amides is 2. The molecule has 0 spiro atoms. The van der Waals surface area contributed by atoms with E-state index in [2.05, 4.69) is 6.07 Å². The molecule has 4 N–H and O–H groups in total. The summed E-state index contributed by atoms with van der Waals surface area (Å²) >= 11 is 0. The van der Waals surface area contributed by atoms with E-state index in [-0.39, 0.29) is 0 Å². The van der Waals surface area contributed by atoms with E-state index in [1.165, 1.54) is 0 Å². The van der Waals surface area contributed by atoms with E-state index in [1.54, 1.807) is 12.1 Å². The Labute approximate surface area is 138 Å². The molecule has 0 radical (unpaired) electrons. The van der Waals surface area contributed by atoms with E-state index >= 15 is 0 Å². The molecule has 2 aromatic carbocycles. The number of carbonyl (C=O) groups excluding carboxylic acids is 2. The Bertz CT molecular complexity index is 1040. The van der Waals surface area contributed by atoms with Crippen LogP contribution in [0.2, 0.25) is 0 Å². The molecule has 4 rings (SSSR count). The van der Waals surface area contributed by atoms with E-state index in [4.69, 9.17) is 11.5 Å². The zero-order chi connectivity index (χ0) is 16.8. The van der Waals surface area contributed by atoms with Gasteiger partial charge < -0.3 is 16.0 Å². The number of nitrogens with two attached hydrogens (primary N) is 2. The summed E-state index contributed by atoms with van der Waals surface area (Å²) < 4.78 is 2.00. The minimum absolute atomic E-state index is 0.352. The molecule has 0 fully saturated rings. The number of hydrogen-bond acceptors (Lipinski definition) is 2.